The summed E-state index contributed by atoms with van der Waals surface area (Å²) in [5.74, 6) is 2.17. The van der Waals surface area contributed by atoms with Gasteiger partial charge in [-0.1, -0.05) is 12.1 Å². The van der Waals surface area contributed by atoms with Crippen LogP contribution < -0.4 is 14.8 Å². The van der Waals surface area contributed by atoms with Gasteiger partial charge < -0.3 is 19.5 Å². The van der Waals surface area contributed by atoms with Crippen molar-refractivity contribution in [3.63, 3.8) is 0 Å². The van der Waals surface area contributed by atoms with E-state index in [0.29, 0.717) is 30.5 Å². The normalized spacial score (nSPS) is 12.2. The van der Waals surface area contributed by atoms with Gasteiger partial charge in [-0.15, -0.1) is 11.3 Å². The highest BCUT2D eigenvalue weighted by Gasteiger charge is 2.22. The molecular weight excluding hydrogens is 440 g/mol. The summed E-state index contributed by atoms with van der Waals surface area (Å²) in [6.07, 6.45) is 1.77. The number of anilines is 1. The van der Waals surface area contributed by atoms with Crippen LogP contribution in [0.5, 0.6) is 11.5 Å². The summed E-state index contributed by atoms with van der Waals surface area (Å²) in [5.41, 5.74) is 2.90. The first-order valence-corrected chi connectivity index (χ1v) is 11.4. The van der Waals surface area contributed by atoms with Crippen LogP contribution in [-0.2, 0) is 22.5 Å². The van der Waals surface area contributed by atoms with Gasteiger partial charge in [0.05, 0.1) is 24.2 Å². The summed E-state index contributed by atoms with van der Waals surface area (Å²) in [4.78, 5) is 27.8. The van der Waals surface area contributed by atoms with E-state index in [1.165, 1.54) is 0 Å². The number of pyridine rings is 1. The molecule has 1 aliphatic heterocycles. The van der Waals surface area contributed by atoms with Gasteiger partial charge in [-0.05, 0) is 43.7 Å². The zero-order valence-corrected chi connectivity index (χ0v) is 19.1. The SMILES string of the molecule is CCOC(=O)Cc1nc(NCc2ccccn2)c2c(-c3ccc4c(c3)OCO4)c(C)sc2n1. The molecule has 1 aliphatic rings. The summed E-state index contributed by atoms with van der Waals surface area (Å²) in [6.45, 7) is 4.86. The molecule has 3 aromatic heterocycles. The van der Waals surface area contributed by atoms with Crippen LogP contribution in [0.2, 0.25) is 0 Å². The maximum Gasteiger partial charge on any atom is 0.313 e. The molecule has 4 aromatic rings. The van der Waals surface area contributed by atoms with Gasteiger partial charge in [-0.25, -0.2) is 9.97 Å². The third kappa shape index (κ3) is 4.31. The van der Waals surface area contributed by atoms with Gasteiger partial charge in [0.1, 0.15) is 22.9 Å². The highest BCUT2D eigenvalue weighted by molar-refractivity contribution is 7.19. The molecule has 1 N–H and O–H groups in total. The van der Waals surface area contributed by atoms with Crippen molar-refractivity contribution >= 4 is 33.3 Å². The van der Waals surface area contributed by atoms with Gasteiger partial charge in [-0.2, -0.15) is 0 Å². The van der Waals surface area contributed by atoms with E-state index >= 15 is 0 Å². The van der Waals surface area contributed by atoms with Crippen molar-refractivity contribution in [1.82, 2.24) is 15.0 Å². The average molecular weight is 463 g/mol. The molecule has 0 saturated carbocycles. The molecule has 4 heterocycles. The Balaban J connectivity index is 1.60. The molecule has 0 spiro atoms. The van der Waals surface area contributed by atoms with E-state index < -0.39 is 0 Å². The third-order valence-electron chi connectivity index (χ3n) is 5.21. The number of carbonyl (C=O) groups is 1. The van der Waals surface area contributed by atoms with Crippen molar-refractivity contribution in [3.8, 4) is 22.6 Å². The van der Waals surface area contributed by atoms with Crippen molar-refractivity contribution < 1.29 is 19.0 Å². The summed E-state index contributed by atoms with van der Waals surface area (Å²) in [7, 11) is 0. The van der Waals surface area contributed by atoms with Crippen LogP contribution in [-0.4, -0.2) is 34.3 Å². The van der Waals surface area contributed by atoms with E-state index in [9.17, 15) is 4.79 Å². The molecule has 0 fully saturated rings. The Morgan fingerprint density at radius 2 is 2.06 bits per heavy atom. The van der Waals surface area contributed by atoms with Crippen LogP contribution in [0.25, 0.3) is 21.3 Å². The van der Waals surface area contributed by atoms with Crippen LogP contribution in [0.4, 0.5) is 5.82 Å². The monoisotopic (exact) mass is 462 g/mol. The van der Waals surface area contributed by atoms with Gasteiger partial charge in [0.15, 0.2) is 11.5 Å². The van der Waals surface area contributed by atoms with Gasteiger partial charge in [0, 0.05) is 16.6 Å². The van der Waals surface area contributed by atoms with E-state index in [-0.39, 0.29) is 19.2 Å². The first-order valence-electron chi connectivity index (χ1n) is 10.6. The molecule has 5 rings (SSSR count). The van der Waals surface area contributed by atoms with Gasteiger partial charge in [-0.3, -0.25) is 9.78 Å². The van der Waals surface area contributed by atoms with Crippen molar-refractivity contribution in [2.75, 3.05) is 18.7 Å². The minimum Gasteiger partial charge on any atom is -0.466 e. The summed E-state index contributed by atoms with van der Waals surface area (Å²) >= 11 is 1.57. The fourth-order valence-electron chi connectivity index (χ4n) is 3.78. The molecule has 33 heavy (non-hydrogen) atoms. The lowest BCUT2D eigenvalue weighted by Crippen LogP contribution is -2.12. The molecule has 0 aliphatic carbocycles. The van der Waals surface area contributed by atoms with E-state index in [2.05, 4.69) is 22.2 Å². The number of fused-ring (bicyclic) bond motifs is 2. The van der Waals surface area contributed by atoms with Crippen LogP contribution in [0, 0.1) is 6.92 Å². The first-order chi connectivity index (χ1) is 16.1. The molecule has 1 aromatic carbocycles. The Labute approximate surface area is 194 Å². The van der Waals surface area contributed by atoms with Gasteiger partial charge in [0.2, 0.25) is 6.79 Å². The highest BCUT2D eigenvalue weighted by Crippen LogP contribution is 2.44. The lowest BCUT2D eigenvalue weighted by molar-refractivity contribution is -0.142. The number of benzene rings is 1. The molecule has 168 valence electrons. The average Bonchev–Trinajstić information content (AvgIpc) is 3.41. The molecule has 9 heteroatoms. The standard InChI is InChI=1S/C24H22N4O4S/c1-3-30-20(29)11-19-27-23(26-12-16-6-4-5-9-25-16)22-21(14(2)33-24(22)28-19)15-7-8-17-18(10-15)32-13-31-17/h4-10H,3,11-13H2,1-2H3,(H,26,27,28). The fourth-order valence-corrected chi connectivity index (χ4v) is 4.84. The maximum atomic E-state index is 12.1. The molecule has 0 unspecified atom stereocenters. The Morgan fingerprint density at radius 1 is 1.18 bits per heavy atom. The van der Waals surface area contributed by atoms with E-state index in [1.807, 2.05) is 36.4 Å². The molecule has 0 radical (unpaired) electrons. The van der Waals surface area contributed by atoms with E-state index in [1.54, 1.807) is 24.5 Å². The molecule has 0 saturated heterocycles. The van der Waals surface area contributed by atoms with Gasteiger partial charge >= 0.3 is 5.97 Å². The number of thiophene rings is 1. The number of hydrogen-bond donors (Lipinski definition) is 1. The lowest BCUT2D eigenvalue weighted by atomic mass is 10.0. The summed E-state index contributed by atoms with van der Waals surface area (Å²) < 4.78 is 16.1. The minimum atomic E-state index is -0.350. The highest BCUT2D eigenvalue weighted by atomic mass is 32.1. The van der Waals surface area contributed by atoms with E-state index in [0.717, 1.165) is 37.7 Å². The number of hydrogen-bond acceptors (Lipinski definition) is 9. The zero-order chi connectivity index (χ0) is 22.8. The van der Waals surface area contributed by atoms with Crippen LogP contribution in [0.3, 0.4) is 0 Å². The van der Waals surface area contributed by atoms with Crippen molar-refractivity contribution in [1.29, 1.82) is 0 Å². The largest absolute Gasteiger partial charge is 0.466 e. The van der Waals surface area contributed by atoms with Gasteiger partial charge in [0.25, 0.3) is 0 Å². The Morgan fingerprint density at radius 3 is 2.88 bits per heavy atom. The molecule has 0 amide bonds. The fraction of sp³-hybridized carbons (Fsp3) is 0.250. The van der Waals surface area contributed by atoms with Crippen LogP contribution >= 0.6 is 11.3 Å². The van der Waals surface area contributed by atoms with Crippen LogP contribution in [0.15, 0.2) is 42.6 Å². The topological polar surface area (TPSA) is 95.5 Å². The number of carbonyl (C=O) groups excluding carboxylic acids is 1. The number of esters is 1. The second-order valence-electron chi connectivity index (χ2n) is 7.43. The summed E-state index contributed by atoms with van der Waals surface area (Å²) in [6, 6.07) is 11.7. The first kappa shape index (κ1) is 21.1. The molecular formula is C24H22N4O4S. The lowest BCUT2D eigenvalue weighted by Gasteiger charge is -2.11. The van der Waals surface area contributed by atoms with Crippen molar-refractivity contribution in [2.24, 2.45) is 0 Å². The number of rotatable bonds is 7. The molecule has 0 atom stereocenters. The Hall–Kier alpha value is -3.72. The number of aryl methyl sites for hydroxylation is 1. The number of nitrogens with one attached hydrogen (secondary N) is 1. The number of nitrogens with zero attached hydrogens (tertiary/aromatic N) is 3. The smallest absolute Gasteiger partial charge is 0.313 e. The maximum absolute atomic E-state index is 12.1. The predicted octanol–water partition coefficient (Wildman–Crippen LogP) is 4.51. The second kappa shape index (κ2) is 9.03. The quantitative estimate of drug-likeness (QED) is 0.401. The van der Waals surface area contributed by atoms with Crippen molar-refractivity contribution in [3.05, 3.63) is 59.0 Å². The van der Waals surface area contributed by atoms with Crippen molar-refractivity contribution in [2.45, 2.75) is 26.8 Å². The zero-order valence-electron chi connectivity index (χ0n) is 18.3. The van der Waals surface area contributed by atoms with Crippen LogP contribution in [0.1, 0.15) is 23.3 Å². The second-order valence-corrected chi connectivity index (χ2v) is 8.63. The number of ether oxygens (including phenoxy) is 3. The minimum absolute atomic E-state index is 0.0123. The third-order valence-corrected chi connectivity index (χ3v) is 6.21. The summed E-state index contributed by atoms with van der Waals surface area (Å²) in [5, 5.41) is 4.31. The molecule has 0 bridgehead atoms. The number of aromatic nitrogens is 3. The Kier molecular flexibility index (Phi) is 5.78. The predicted molar refractivity (Wildman–Crippen MR) is 126 cm³/mol. The Bertz CT molecular complexity index is 1320. The van der Waals surface area contributed by atoms with E-state index in [4.69, 9.17) is 19.2 Å². The molecule has 8 nitrogen and oxygen atoms in total.